The molecule has 3 rings (SSSR count). The first kappa shape index (κ1) is 13.4. The molecule has 1 aliphatic heterocycles. The largest absolute Gasteiger partial charge is 0.469 e. The number of aromatic nitrogens is 2. The Morgan fingerprint density at radius 2 is 2.50 bits per heavy atom. The van der Waals surface area contributed by atoms with E-state index >= 15 is 0 Å². The summed E-state index contributed by atoms with van der Waals surface area (Å²) in [5.74, 6) is 1.68. The lowest BCUT2D eigenvalue weighted by Gasteiger charge is -2.26. The second-order valence-electron chi connectivity index (χ2n) is 5.74. The fourth-order valence-electron chi connectivity index (χ4n) is 3.05. The molecule has 20 heavy (non-hydrogen) atoms. The first-order valence-corrected chi connectivity index (χ1v) is 7.59. The average molecular weight is 273 g/mol. The van der Waals surface area contributed by atoms with Crippen molar-refractivity contribution in [1.82, 2.24) is 14.9 Å². The summed E-state index contributed by atoms with van der Waals surface area (Å²) in [5.41, 5.74) is 1.38. The van der Waals surface area contributed by atoms with Crippen LogP contribution in [0.2, 0.25) is 0 Å². The van der Waals surface area contributed by atoms with Crippen molar-refractivity contribution in [3.8, 4) is 0 Å². The van der Waals surface area contributed by atoms with Crippen LogP contribution in [0.4, 0.5) is 0 Å². The molecule has 2 atom stereocenters. The molecule has 4 heteroatoms. The molecule has 2 aromatic heterocycles. The highest BCUT2D eigenvalue weighted by Gasteiger charge is 2.20. The van der Waals surface area contributed by atoms with Gasteiger partial charge in [0.15, 0.2) is 0 Å². The van der Waals surface area contributed by atoms with Gasteiger partial charge in [-0.1, -0.05) is 0 Å². The van der Waals surface area contributed by atoms with Gasteiger partial charge in [0.25, 0.3) is 0 Å². The molecule has 1 aliphatic rings. The summed E-state index contributed by atoms with van der Waals surface area (Å²) in [7, 11) is 0. The van der Waals surface area contributed by atoms with E-state index in [1.165, 1.54) is 18.5 Å². The maximum Gasteiger partial charge on any atom is 0.103 e. The van der Waals surface area contributed by atoms with E-state index in [4.69, 9.17) is 4.42 Å². The molecule has 0 spiro atoms. The molecule has 0 aliphatic carbocycles. The number of nitrogens with one attached hydrogen (secondary N) is 1. The van der Waals surface area contributed by atoms with Gasteiger partial charge in [-0.25, -0.2) is 4.98 Å². The fraction of sp³-hybridized carbons (Fsp3) is 0.562. The lowest BCUT2D eigenvalue weighted by molar-refractivity contribution is 0.407. The van der Waals surface area contributed by atoms with Crippen molar-refractivity contribution in [1.29, 1.82) is 0 Å². The van der Waals surface area contributed by atoms with Crippen LogP contribution in [0.5, 0.6) is 0 Å². The Labute approximate surface area is 120 Å². The van der Waals surface area contributed by atoms with Gasteiger partial charge in [-0.05, 0) is 44.9 Å². The van der Waals surface area contributed by atoms with Crippen molar-refractivity contribution in [2.45, 2.75) is 44.6 Å². The molecule has 0 bridgehead atoms. The third-order valence-corrected chi connectivity index (χ3v) is 4.27. The first-order valence-electron chi connectivity index (χ1n) is 7.59. The van der Waals surface area contributed by atoms with E-state index in [9.17, 15) is 0 Å². The third kappa shape index (κ3) is 2.96. The molecule has 0 saturated carbocycles. The molecule has 2 unspecified atom stereocenters. The topological polar surface area (TPSA) is 43.0 Å². The van der Waals surface area contributed by atoms with Crippen LogP contribution < -0.4 is 5.32 Å². The summed E-state index contributed by atoms with van der Waals surface area (Å²) >= 11 is 0. The second kappa shape index (κ2) is 6.27. The smallest absolute Gasteiger partial charge is 0.103 e. The van der Waals surface area contributed by atoms with Crippen LogP contribution in [0.25, 0.3) is 0 Å². The number of imidazole rings is 1. The monoisotopic (exact) mass is 273 g/mol. The second-order valence-corrected chi connectivity index (χ2v) is 5.74. The number of rotatable bonds is 5. The van der Waals surface area contributed by atoms with E-state index in [-0.39, 0.29) is 0 Å². The predicted molar refractivity (Wildman–Crippen MR) is 78.8 cm³/mol. The highest BCUT2D eigenvalue weighted by molar-refractivity contribution is 5.09. The molecular weight excluding hydrogens is 250 g/mol. The molecule has 0 radical (unpaired) electrons. The van der Waals surface area contributed by atoms with Gasteiger partial charge in [-0.15, -0.1) is 0 Å². The molecule has 1 N–H and O–H groups in total. The van der Waals surface area contributed by atoms with E-state index < -0.39 is 0 Å². The molecule has 1 fully saturated rings. The highest BCUT2D eigenvalue weighted by atomic mass is 16.3. The van der Waals surface area contributed by atoms with Crippen molar-refractivity contribution in [3.05, 3.63) is 42.4 Å². The number of nitrogens with zero attached hydrogens (tertiary/aromatic N) is 2. The van der Waals surface area contributed by atoms with Crippen molar-refractivity contribution in [2.24, 2.45) is 0 Å². The molecule has 4 nitrogen and oxygen atoms in total. The van der Waals surface area contributed by atoms with Gasteiger partial charge in [0, 0.05) is 36.8 Å². The summed E-state index contributed by atoms with van der Waals surface area (Å²) < 4.78 is 7.76. The van der Waals surface area contributed by atoms with Crippen molar-refractivity contribution >= 4 is 0 Å². The van der Waals surface area contributed by atoms with Gasteiger partial charge >= 0.3 is 0 Å². The SMILES string of the molecule is CC(CCc1ccco1)n1cncc1C1CCCNC1. The van der Waals surface area contributed by atoms with Gasteiger partial charge in [0.2, 0.25) is 0 Å². The van der Waals surface area contributed by atoms with Crippen molar-refractivity contribution in [3.63, 3.8) is 0 Å². The number of piperidine rings is 1. The zero-order chi connectivity index (χ0) is 13.8. The Hall–Kier alpha value is -1.55. The molecule has 3 heterocycles. The fourth-order valence-corrected chi connectivity index (χ4v) is 3.05. The van der Waals surface area contributed by atoms with E-state index in [1.54, 1.807) is 6.26 Å². The molecule has 0 aromatic carbocycles. The van der Waals surface area contributed by atoms with E-state index in [1.807, 2.05) is 24.7 Å². The van der Waals surface area contributed by atoms with E-state index in [0.29, 0.717) is 12.0 Å². The van der Waals surface area contributed by atoms with Crippen molar-refractivity contribution in [2.75, 3.05) is 13.1 Å². The Morgan fingerprint density at radius 1 is 1.55 bits per heavy atom. The molecule has 1 saturated heterocycles. The predicted octanol–water partition coefficient (Wildman–Crippen LogP) is 3.14. The summed E-state index contributed by atoms with van der Waals surface area (Å²) in [6.45, 7) is 4.50. The maximum absolute atomic E-state index is 5.41. The molecular formula is C16H23N3O. The molecule has 0 amide bonds. The van der Waals surface area contributed by atoms with E-state index in [0.717, 1.165) is 31.7 Å². The van der Waals surface area contributed by atoms with Gasteiger partial charge in [-0.3, -0.25) is 0 Å². The normalized spacial score (nSPS) is 20.9. The summed E-state index contributed by atoms with van der Waals surface area (Å²) in [4.78, 5) is 4.38. The van der Waals surface area contributed by atoms with Crippen LogP contribution in [0, 0.1) is 0 Å². The summed E-state index contributed by atoms with van der Waals surface area (Å²) in [5, 5.41) is 3.49. The molecule has 108 valence electrons. The zero-order valence-corrected chi connectivity index (χ0v) is 12.1. The van der Waals surface area contributed by atoms with Crippen LogP contribution in [0.3, 0.4) is 0 Å². The number of aryl methyl sites for hydroxylation is 1. The van der Waals surface area contributed by atoms with Crippen LogP contribution in [0.15, 0.2) is 35.3 Å². The average Bonchev–Trinajstić information content (AvgIpc) is 3.17. The Bertz CT molecular complexity index is 512. The highest BCUT2D eigenvalue weighted by Crippen LogP contribution is 2.26. The third-order valence-electron chi connectivity index (χ3n) is 4.27. The quantitative estimate of drug-likeness (QED) is 0.910. The minimum absolute atomic E-state index is 0.458. The number of hydrogen-bond donors (Lipinski definition) is 1. The minimum atomic E-state index is 0.458. The summed E-state index contributed by atoms with van der Waals surface area (Å²) in [6, 6.07) is 4.46. The lowest BCUT2D eigenvalue weighted by atomic mass is 9.96. The van der Waals surface area contributed by atoms with Gasteiger partial charge in [-0.2, -0.15) is 0 Å². The van der Waals surface area contributed by atoms with E-state index in [2.05, 4.69) is 21.8 Å². The first-order chi connectivity index (χ1) is 9.84. The van der Waals surface area contributed by atoms with Crippen LogP contribution in [-0.2, 0) is 6.42 Å². The minimum Gasteiger partial charge on any atom is -0.469 e. The van der Waals surface area contributed by atoms with Crippen LogP contribution in [0.1, 0.15) is 49.6 Å². The number of hydrogen-bond acceptors (Lipinski definition) is 3. The molecule has 2 aromatic rings. The van der Waals surface area contributed by atoms with Gasteiger partial charge < -0.3 is 14.3 Å². The standard InChI is InChI=1S/C16H23N3O/c1-13(6-7-15-5-3-9-20-15)19-12-18-11-16(19)14-4-2-8-17-10-14/h3,5,9,11-14,17H,2,4,6-8,10H2,1H3. The summed E-state index contributed by atoms with van der Waals surface area (Å²) in [6.07, 6.45) is 10.4. The lowest BCUT2D eigenvalue weighted by Crippen LogP contribution is -2.29. The van der Waals surface area contributed by atoms with Crippen LogP contribution >= 0.6 is 0 Å². The Balaban J connectivity index is 1.65. The van der Waals surface area contributed by atoms with Gasteiger partial charge in [0.05, 0.1) is 12.6 Å². The Morgan fingerprint density at radius 3 is 3.25 bits per heavy atom. The Kier molecular flexibility index (Phi) is 4.21. The van der Waals surface area contributed by atoms with Crippen molar-refractivity contribution < 1.29 is 4.42 Å². The number of furan rings is 1. The maximum atomic E-state index is 5.41. The van der Waals surface area contributed by atoms with Crippen LogP contribution in [-0.4, -0.2) is 22.6 Å². The van der Waals surface area contributed by atoms with Gasteiger partial charge in [0.1, 0.15) is 5.76 Å². The zero-order valence-electron chi connectivity index (χ0n) is 12.1.